The number of fused-ring (bicyclic) bond motifs is 1. The molecule has 0 saturated heterocycles. The number of rotatable bonds is 8. The molecule has 1 fully saturated rings. The van der Waals surface area contributed by atoms with Gasteiger partial charge in [-0.3, -0.25) is 4.79 Å². The maximum absolute atomic E-state index is 10.6. The maximum atomic E-state index is 10.6. The smallest absolute Gasteiger partial charge is 0.320 e. The summed E-state index contributed by atoms with van der Waals surface area (Å²) in [4.78, 5) is 15.4. The Morgan fingerprint density at radius 2 is 2.29 bits per heavy atom. The minimum Gasteiger partial charge on any atom is -0.480 e. The summed E-state index contributed by atoms with van der Waals surface area (Å²) in [6, 6.07) is 3.55. The van der Waals surface area contributed by atoms with E-state index in [0.717, 1.165) is 44.5 Å². The van der Waals surface area contributed by atoms with Gasteiger partial charge >= 0.3 is 5.97 Å². The van der Waals surface area contributed by atoms with Gasteiger partial charge in [0.05, 0.1) is 6.10 Å². The Bertz CT molecular complexity index is 573. The number of carboxylic acid groups (broad SMARTS) is 1. The van der Waals surface area contributed by atoms with Crippen molar-refractivity contribution in [1.82, 2.24) is 4.98 Å². The normalized spacial score (nSPS) is 23.7. The fourth-order valence-electron chi connectivity index (χ4n) is 3.39. The van der Waals surface area contributed by atoms with Gasteiger partial charge in [0.25, 0.3) is 0 Å². The first-order valence-electron chi connectivity index (χ1n) is 8.94. The number of nitrogens with two attached hydrogens (primary N) is 1. The molecule has 0 unspecified atom stereocenters. The average molecular weight is 333 g/mol. The molecule has 2 aliphatic rings. The molecule has 3 rings (SSSR count). The summed E-state index contributed by atoms with van der Waals surface area (Å²) in [6.07, 6.45) is 7.24. The molecule has 1 aromatic heterocycles. The van der Waals surface area contributed by atoms with Crippen LogP contribution in [0.4, 0.5) is 5.82 Å². The molecule has 1 aliphatic heterocycles. The van der Waals surface area contributed by atoms with Crippen molar-refractivity contribution in [2.24, 2.45) is 11.7 Å². The Kier molecular flexibility index (Phi) is 5.68. The number of hydrogen-bond donors (Lipinski definition) is 3. The number of nitrogens with zero attached hydrogens (tertiary/aromatic N) is 1. The summed E-state index contributed by atoms with van der Waals surface area (Å²) in [6.45, 7) is 1.46. The van der Waals surface area contributed by atoms with Gasteiger partial charge in [-0.1, -0.05) is 6.07 Å². The molecule has 0 radical (unpaired) electrons. The molecule has 2 heterocycles. The number of pyridine rings is 1. The summed E-state index contributed by atoms with van der Waals surface area (Å²) < 4.78 is 5.69. The largest absolute Gasteiger partial charge is 0.480 e. The third kappa shape index (κ3) is 4.45. The highest BCUT2D eigenvalue weighted by molar-refractivity contribution is 5.72. The minimum atomic E-state index is -0.961. The van der Waals surface area contributed by atoms with Crippen LogP contribution in [-0.4, -0.2) is 41.4 Å². The van der Waals surface area contributed by atoms with Gasteiger partial charge in [-0.15, -0.1) is 0 Å². The summed E-state index contributed by atoms with van der Waals surface area (Å²) in [5, 5.41) is 12.1. The van der Waals surface area contributed by atoms with Gasteiger partial charge in [0, 0.05) is 18.8 Å². The lowest BCUT2D eigenvalue weighted by molar-refractivity contribution is -0.139. The molecule has 1 atom stereocenters. The highest BCUT2D eigenvalue weighted by Gasteiger charge is 2.29. The Labute approximate surface area is 142 Å². The van der Waals surface area contributed by atoms with E-state index in [2.05, 4.69) is 17.4 Å². The Morgan fingerprint density at radius 1 is 1.46 bits per heavy atom. The van der Waals surface area contributed by atoms with E-state index in [1.165, 1.54) is 17.7 Å². The highest BCUT2D eigenvalue weighted by atomic mass is 16.5. The van der Waals surface area contributed by atoms with Crippen molar-refractivity contribution in [1.29, 1.82) is 0 Å². The molecule has 6 nitrogen and oxygen atoms in total. The minimum absolute atomic E-state index is 0.272. The lowest BCUT2D eigenvalue weighted by Gasteiger charge is -2.35. The van der Waals surface area contributed by atoms with Gasteiger partial charge in [0.1, 0.15) is 11.9 Å². The number of aromatic nitrogens is 1. The topological polar surface area (TPSA) is 97.5 Å². The van der Waals surface area contributed by atoms with Gasteiger partial charge < -0.3 is 20.9 Å². The van der Waals surface area contributed by atoms with Crippen LogP contribution in [0.25, 0.3) is 0 Å². The first-order chi connectivity index (χ1) is 11.6. The van der Waals surface area contributed by atoms with E-state index in [9.17, 15) is 4.79 Å². The Morgan fingerprint density at radius 3 is 3.08 bits per heavy atom. The average Bonchev–Trinajstić information content (AvgIpc) is 2.55. The number of nitrogens with one attached hydrogen (secondary N) is 1. The van der Waals surface area contributed by atoms with Gasteiger partial charge in [-0.25, -0.2) is 4.98 Å². The van der Waals surface area contributed by atoms with E-state index in [1.54, 1.807) is 0 Å². The van der Waals surface area contributed by atoms with Crippen LogP contribution in [-0.2, 0) is 22.4 Å². The third-order valence-electron chi connectivity index (χ3n) is 5.05. The fraction of sp³-hybridized carbons (Fsp3) is 0.667. The van der Waals surface area contributed by atoms with Crippen LogP contribution < -0.4 is 11.1 Å². The molecule has 6 heteroatoms. The second-order valence-electron chi connectivity index (χ2n) is 6.94. The van der Waals surface area contributed by atoms with Crippen molar-refractivity contribution in [3.63, 3.8) is 0 Å². The summed E-state index contributed by atoms with van der Waals surface area (Å²) in [7, 11) is 0. The molecular formula is C18H27N3O3. The van der Waals surface area contributed by atoms with Crippen LogP contribution in [0.5, 0.6) is 0 Å². The zero-order valence-electron chi connectivity index (χ0n) is 14.0. The Hall–Kier alpha value is -1.66. The molecule has 1 saturated carbocycles. The molecule has 0 bridgehead atoms. The van der Waals surface area contributed by atoms with E-state index in [0.29, 0.717) is 18.9 Å². The molecule has 1 aromatic rings. The van der Waals surface area contributed by atoms with Crippen LogP contribution in [0.3, 0.4) is 0 Å². The number of carboxylic acids is 1. The molecule has 132 valence electrons. The predicted molar refractivity (Wildman–Crippen MR) is 92.1 cm³/mol. The molecule has 24 heavy (non-hydrogen) atoms. The molecule has 0 amide bonds. The van der Waals surface area contributed by atoms with E-state index < -0.39 is 12.0 Å². The quantitative estimate of drug-likeness (QED) is 0.673. The number of ether oxygens (including phenoxy) is 1. The Balaban J connectivity index is 1.32. The van der Waals surface area contributed by atoms with E-state index >= 15 is 0 Å². The van der Waals surface area contributed by atoms with Crippen LogP contribution in [0, 0.1) is 5.92 Å². The number of aryl methyl sites for hydroxylation is 2. The van der Waals surface area contributed by atoms with E-state index in [1.807, 2.05) is 0 Å². The predicted octanol–water partition coefficient (Wildman–Crippen LogP) is 1.97. The SMILES string of the molecule is N[C@@H](CCOC1CC(CCc2ccc3c(n2)NCCC3)C1)C(=O)O. The zero-order chi connectivity index (χ0) is 16.9. The maximum Gasteiger partial charge on any atom is 0.320 e. The van der Waals surface area contributed by atoms with Crippen molar-refractivity contribution in [2.45, 2.75) is 57.1 Å². The molecule has 1 aliphatic carbocycles. The van der Waals surface area contributed by atoms with Crippen molar-refractivity contribution in [3.8, 4) is 0 Å². The van der Waals surface area contributed by atoms with Crippen molar-refractivity contribution >= 4 is 11.8 Å². The van der Waals surface area contributed by atoms with Crippen LogP contribution in [0.15, 0.2) is 12.1 Å². The van der Waals surface area contributed by atoms with Gasteiger partial charge in [-0.2, -0.15) is 0 Å². The lowest BCUT2D eigenvalue weighted by Crippen LogP contribution is -2.35. The standard InChI is InChI=1S/C18H27N3O3/c19-16(18(22)23)7-9-24-15-10-12(11-15)3-5-14-6-4-13-2-1-8-20-17(13)21-14/h4,6,12,15-16H,1-3,5,7-11,19H2,(H,20,21)(H,22,23)/t12?,15?,16-/m0/s1. The summed E-state index contributed by atoms with van der Waals surface area (Å²) >= 11 is 0. The highest BCUT2D eigenvalue weighted by Crippen LogP contribution is 2.34. The van der Waals surface area contributed by atoms with E-state index in [4.69, 9.17) is 20.6 Å². The second-order valence-corrected chi connectivity index (χ2v) is 6.94. The van der Waals surface area contributed by atoms with Crippen molar-refractivity contribution in [3.05, 3.63) is 23.4 Å². The van der Waals surface area contributed by atoms with Crippen LogP contribution >= 0.6 is 0 Å². The zero-order valence-corrected chi connectivity index (χ0v) is 14.0. The molecule has 4 N–H and O–H groups in total. The second kappa shape index (κ2) is 7.94. The number of hydrogen-bond acceptors (Lipinski definition) is 5. The van der Waals surface area contributed by atoms with Crippen LogP contribution in [0.1, 0.15) is 43.4 Å². The molecule has 0 spiro atoms. The van der Waals surface area contributed by atoms with E-state index in [-0.39, 0.29) is 6.10 Å². The van der Waals surface area contributed by atoms with Gasteiger partial charge in [-0.05, 0) is 62.5 Å². The first kappa shape index (κ1) is 17.2. The van der Waals surface area contributed by atoms with Crippen molar-refractivity contribution in [2.75, 3.05) is 18.5 Å². The fourth-order valence-corrected chi connectivity index (χ4v) is 3.39. The summed E-state index contributed by atoms with van der Waals surface area (Å²) in [5.41, 5.74) is 7.96. The van der Waals surface area contributed by atoms with Crippen LogP contribution in [0.2, 0.25) is 0 Å². The first-order valence-corrected chi connectivity index (χ1v) is 8.94. The van der Waals surface area contributed by atoms with Gasteiger partial charge in [0.2, 0.25) is 0 Å². The number of carbonyl (C=O) groups is 1. The number of anilines is 1. The number of aliphatic carboxylic acids is 1. The molecular weight excluding hydrogens is 306 g/mol. The van der Waals surface area contributed by atoms with Crippen molar-refractivity contribution < 1.29 is 14.6 Å². The molecule has 0 aromatic carbocycles. The van der Waals surface area contributed by atoms with Gasteiger partial charge in [0.15, 0.2) is 0 Å². The monoisotopic (exact) mass is 333 g/mol. The summed E-state index contributed by atoms with van der Waals surface area (Å²) in [5.74, 6) is 0.800. The third-order valence-corrected chi connectivity index (χ3v) is 5.05. The lowest BCUT2D eigenvalue weighted by atomic mass is 9.79.